The van der Waals surface area contributed by atoms with Crippen molar-refractivity contribution in [1.29, 1.82) is 0 Å². The van der Waals surface area contributed by atoms with Crippen LogP contribution >= 0.6 is 27.5 Å². The molecule has 1 nitrogen and oxygen atoms in total. The lowest BCUT2D eigenvalue weighted by molar-refractivity contribution is 1.47. The van der Waals surface area contributed by atoms with E-state index in [1.807, 2.05) is 6.07 Å². The topological polar surface area (TPSA) is 12.9 Å². The summed E-state index contributed by atoms with van der Waals surface area (Å²) >= 11 is 4.86. The van der Waals surface area contributed by atoms with Gasteiger partial charge < -0.3 is 0 Å². The van der Waals surface area contributed by atoms with Crippen molar-refractivity contribution < 1.29 is 0 Å². The zero-order valence-corrected chi connectivity index (χ0v) is 9.52. The van der Waals surface area contributed by atoms with Gasteiger partial charge in [-0.05, 0) is 46.0 Å². The van der Waals surface area contributed by atoms with Gasteiger partial charge in [0.05, 0.1) is 4.88 Å². The quantitative estimate of drug-likeness (QED) is 0.752. The molecule has 0 amide bonds. The summed E-state index contributed by atoms with van der Waals surface area (Å²) in [6.45, 7) is 2.10. The lowest BCUT2D eigenvalue weighted by Gasteiger charge is -1.96. The van der Waals surface area contributed by atoms with Crippen LogP contribution in [0.15, 0.2) is 34.9 Å². The highest BCUT2D eigenvalue weighted by Gasteiger charge is 2.01. The van der Waals surface area contributed by atoms with Crippen molar-refractivity contribution in [3.05, 3.63) is 40.5 Å². The maximum absolute atomic E-state index is 4.18. The molecule has 0 saturated carbocycles. The molecule has 0 saturated heterocycles. The van der Waals surface area contributed by atoms with Crippen molar-refractivity contribution in [3.63, 3.8) is 0 Å². The summed E-state index contributed by atoms with van der Waals surface area (Å²) in [5.74, 6) is 0. The zero-order chi connectivity index (χ0) is 9.26. The van der Waals surface area contributed by atoms with Gasteiger partial charge in [0.2, 0.25) is 0 Å². The van der Waals surface area contributed by atoms with Gasteiger partial charge in [0.1, 0.15) is 4.60 Å². The van der Waals surface area contributed by atoms with E-state index < -0.39 is 0 Å². The number of halogens is 1. The second kappa shape index (κ2) is 3.60. The van der Waals surface area contributed by atoms with Crippen molar-refractivity contribution in [1.82, 2.24) is 4.37 Å². The molecule has 0 bridgehead atoms. The second-order valence-electron chi connectivity index (χ2n) is 2.88. The number of hydrogen-bond donors (Lipinski definition) is 0. The van der Waals surface area contributed by atoms with E-state index >= 15 is 0 Å². The van der Waals surface area contributed by atoms with Gasteiger partial charge in [0.15, 0.2) is 0 Å². The smallest absolute Gasteiger partial charge is 0.120 e. The van der Waals surface area contributed by atoms with Crippen LogP contribution in [0.25, 0.3) is 10.4 Å². The number of aryl methyl sites for hydroxylation is 1. The Hall–Kier alpha value is -0.670. The van der Waals surface area contributed by atoms with E-state index in [0.717, 1.165) is 4.60 Å². The van der Waals surface area contributed by atoms with Crippen molar-refractivity contribution in [2.45, 2.75) is 6.92 Å². The second-order valence-corrected chi connectivity index (χ2v) is 4.50. The Morgan fingerprint density at radius 2 is 2.15 bits per heavy atom. The summed E-state index contributed by atoms with van der Waals surface area (Å²) in [5, 5.41) is 0. The van der Waals surface area contributed by atoms with Gasteiger partial charge >= 0.3 is 0 Å². The molecule has 1 aromatic carbocycles. The molecule has 0 atom stereocenters. The molecular formula is C10H8BrNS. The summed E-state index contributed by atoms with van der Waals surface area (Å²) in [5.41, 5.74) is 2.52. The molecule has 0 fully saturated rings. The standard InChI is InChI=1S/C10H8BrNS/c1-7-3-2-4-8(5-7)9-6-10(11)12-13-9/h2-6H,1H3. The summed E-state index contributed by atoms with van der Waals surface area (Å²) in [4.78, 5) is 1.20. The van der Waals surface area contributed by atoms with Crippen LogP contribution in [0.4, 0.5) is 0 Å². The van der Waals surface area contributed by atoms with Gasteiger partial charge in [-0.15, -0.1) is 0 Å². The minimum absolute atomic E-state index is 0.911. The molecule has 0 aliphatic heterocycles. The first kappa shape index (κ1) is 8.91. The molecule has 0 N–H and O–H groups in total. The van der Waals surface area contributed by atoms with E-state index in [0.29, 0.717) is 0 Å². The summed E-state index contributed by atoms with van der Waals surface area (Å²) in [7, 11) is 0. The van der Waals surface area contributed by atoms with Gasteiger partial charge in [-0.1, -0.05) is 29.8 Å². The first-order chi connectivity index (χ1) is 6.25. The highest BCUT2D eigenvalue weighted by Crippen LogP contribution is 2.27. The Labute approximate surface area is 89.7 Å². The van der Waals surface area contributed by atoms with Gasteiger partial charge in [0, 0.05) is 0 Å². The highest BCUT2D eigenvalue weighted by molar-refractivity contribution is 9.10. The van der Waals surface area contributed by atoms with Crippen LogP contribution in [0.3, 0.4) is 0 Å². The van der Waals surface area contributed by atoms with Gasteiger partial charge in [-0.3, -0.25) is 0 Å². The molecular weight excluding hydrogens is 246 g/mol. The highest BCUT2D eigenvalue weighted by atomic mass is 79.9. The largest absolute Gasteiger partial charge is 0.185 e. The Morgan fingerprint density at radius 3 is 2.77 bits per heavy atom. The molecule has 3 heteroatoms. The van der Waals surface area contributed by atoms with E-state index in [2.05, 4.69) is 51.5 Å². The fourth-order valence-electron chi connectivity index (χ4n) is 1.19. The molecule has 0 spiro atoms. The average molecular weight is 254 g/mol. The lowest BCUT2D eigenvalue weighted by atomic mass is 10.1. The van der Waals surface area contributed by atoms with E-state index in [1.165, 1.54) is 27.5 Å². The molecule has 13 heavy (non-hydrogen) atoms. The fourth-order valence-corrected chi connectivity index (χ4v) is 2.42. The van der Waals surface area contributed by atoms with Crippen LogP contribution in [0.1, 0.15) is 5.56 Å². The molecule has 0 aliphatic rings. The van der Waals surface area contributed by atoms with Crippen molar-refractivity contribution in [3.8, 4) is 10.4 Å². The Balaban J connectivity index is 2.46. The van der Waals surface area contributed by atoms with Gasteiger partial charge in [0.25, 0.3) is 0 Å². The number of benzene rings is 1. The Kier molecular flexibility index (Phi) is 2.47. The fraction of sp³-hybridized carbons (Fsp3) is 0.100. The summed E-state index contributed by atoms with van der Waals surface area (Å²) in [6.07, 6.45) is 0. The van der Waals surface area contributed by atoms with E-state index in [1.54, 1.807) is 0 Å². The minimum Gasteiger partial charge on any atom is -0.185 e. The zero-order valence-electron chi connectivity index (χ0n) is 7.12. The van der Waals surface area contributed by atoms with Gasteiger partial charge in [-0.2, -0.15) is 4.37 Å². The van der Waals surface area contributed by atoms with Crippen LogP contribution in [0, 0.1) is 6.92 Å². The molecule has 0 radical (unpaired) electrons. The average Bonchev–Trinajstić information content (AvgIpc) is 2.52. The molecule has 2 rings (SSSR count). The van der Waals surface area contributed by atoms with E-state index in [-0.39, 0.29) is 0 Å². The van der Waals surface area contributed by atoms with Crippen LogP contribution in [-0.4, -0.2) is 4.37 Å². The number of aromatic nitrogens is 1. The van der Waals surface area contributed by atoms with Gasteiger partial charge in [-0.25, -0.2) is 0 Å². The third-order valence-electron chi connectivity index (χ3n) is 1.78. The maximum Gasteiger partial charge on any atom is 0.120 e. The minimum atomic E-state index is 0.911. The van der Waals surface area contributed by atoms with Crippen molar-refractivity contribution in [2.75, 3.05) is 0 Å². The van der Waals surface area contributed by atoms with E-state index in [9.17, 15) is 0 Å². The van der Waals surface area contributed by atoms with Crippen molar-refractivity contribution >= 4 is 27.5 Å². The first-order valence-electron chi connectivity index (χ1n) is 3.95. The Bertz CT molecular complexity index is 422. The molecule has 2 aromatic rings. The third-order valence-corrected chi connectivity index (χ3v) is 3.26. The van der Waals surface area contributed by atoms with Crippen LogP contribution in [0.2, 0.25) is 0 Å². The SMILES string of the molecule is Cc1cccc(-c2cc(Br)ns2)c1. The van der Waals surface area contributed by atoms with Crippen molar-refractivity contribution in [2.24, 2.45) is 0 Å². The number of rotatable bonds is 1. The normalized spacial score (nSPS) is 10.3. The van der Waals surface area contributed by atoms with Crippen LogP contribution < -0.4 is 0 Å². The van der Waals surface area contributed by atoms with Crippen LogP contribution in [-0.2, 0) is 0 Å². The number of hydrogen-bond acceptors (Lipinski definition) is 2. The van der Waals surface area contributed by atoms with E-state index in [4.69, 9.17) is 0 Å². The molecule has 1 aromatic heterocycles. The summed E-state index contributed by atoms with van der Waals surface area (Å²) < 4.78 is 5.09. The maximum atomic E-state index is 4.18. The monoisotopic (exact) mass is 253 g/mol. The lowest BCUT2D eigenvalue weighted by Crippen LogP contribution is -1.73. The summed E-state index contributed by atoms with van der Waals surface area (Å²) in [6, 6.07) is 10.5. The molecule has 0 aliphatic carbocycles. The number of nitrogens with zero attached hydrogens (tertiary/aromatic N) is 1. The third kappa shape index (κ3) is 1.98. The van der Waals surface area contributed by atoms with Crippen LogP contribution in [0.5, 0.6) is 0 Å². The molecule has 1 heterocycles. The molecule has 0 unspecified atom stereocenters. The predicted molar refractivity (Wildman–Crippen MR) is 60.0 cm³/mol. The molecule has 66 valence electrons. The predicted octanol–water partition coefficient (Wildman–Crippen LogP) is 3.88. The Morgan fingerprint density at radius 1 is 1.31 bits per heavy atom. The first-order valence-corrected chi connectivity index (χ1v) is 5.51.